The third-order valence-corrected chi connectivity index (χ3v) is 4.03. The molecular formula is C11H7Cl2FN2O2S. The molecule has 0 spiro atoms. The average Bonchev–Trinajstić information content (AvgIpc) is 2.32. The number of aromatic nitrogens is 1. The Hall–Kier alpha value is -1.37. The van der Waals surface area contributed by atoms with Crippen molar-refractivity contribution in [2.24, 2.45) is 0 Å². The van der Waals surface area contributed by atoms with Gasteiger partial charge in [0.25, 0.3) is 10.0 Å². The van der Waals surface area contributed by atoms with Gasteiger partial charge in [-0.2, -0.15) is 0 Å². The van der Waals surface area contributed by atoms with Crippen molar-refractivity contribution >= 4 is 39.0 Å². The Kier molecular flexibility index (Phi) is 3.93. The van der Waals surface area contributed by atoms with Crippen LogP contribution in [0.4, 0.5) is 10.2 Å². The Labute approximate surface area is 119 Å². The van der Waals surface area contributed by atoms with Gasteiger partial charge in [-0.15, -0.1) is 0 Å². The molecule has 0 bridgehead atoms. The molecule has 19 heavy (non-hydrogen) atoms. The number of halogens is 3. The van der Waals surface area contributed by atoms with Gasteiger partial charge in [0.2, 0.25) is 0 Å². The average molecular weight is 321 g/mol. The topological polar surface area (TPSA) is 59.1 Å². The summed E-state index contributed by atoms with van der Waals surface area (Å²) in [5, 5.41) is -0.159. The lowest BCUT2D eigenvalue weighted by molar-refractivity contribution is 0.570. The summed E-state index contributed by atoms with van der Waals surface area (Å²) in [6, 6.07) is 8.10. The zero-order valence-electron chi connectivity index (χ0n) is 9.27. The Morgan fingerprint density at radius 2 is 1.79 bits per heavy atom. The number of pyridine rings is 1. The van der Waals surface area contributed by atoms with Gasteiger partial charge in [-0.1, -0.05) is 35.3 Å². The molecule has 1 aromatic carbocycles. The highest BCUT2D eigenvalue weighted by molar-refractivity contribution is 7.92. The second kappa shape index (κ2) is 5.32. The van der Waals surface area contributed by atoms with Gasteiger partial charge in [-0.05, 0) is 24.3 Å². The summed E-state index contributed by atoms with van der Waals surface area (Å²) in [5.41, 5.74) is 0. The number of nitrogens with one attached hydrogen (secondary N) is 1. The summed E-state index contributed by atoms with van der Waals surface area (Å²) >= 11 is 11.2. The summed E-state index contributed by atoms with van der Waals surface area (Å²) in [6.07, 6.45) is 0. The molecule has 0 radical (unpaired) electrons. The molecule has 0 fully saturated rings. The van der Waals surface area contributed by atoms with Crippen LogP contribution in [0.25, 0.3) is 0 Å². The lowest BCUT2D eigenvalue weighted by atomic mass is 10.3. The third kappa shape index (κ3) is 3.15. The summed E-state index contributed by atoms with van der Waals surface area (Å²) in [5.74, 6) is -1.02. The zero-order valence-corrected chi connectivity index (χ0v) is 11.6. The molecule has 2 aromatic rings. The highest BCUT2D eigenvalue weighted by Crippen LogP contribution is 2.23. The molecule has 1 heterocycles. The second-order valence-electron chi connectivity index (χ2n) is 3.50. The summed E-state index contributed by atoms with van der Waals surface area (Å²) < 4.78 is 39.8. The van der Waals surface area contributed by atoms with E-state index >= 15 is 0 Å². The van der Waals surface area contributed by atoms with Crippen LogP contribution in [0.5, 0.6) is 0 Å². The van der Waals surface area contributed by atoms with Crippen LogP contribution in [0.2, 0.25) is 10.2 Å². The van der Waals surface area contributed by atoms with Crippen molar-refractivity contribution in [3.05, 3.63) is 52.4 Å². The number of anilines is 1. The van der Waals surface area contributed by atoms with E-state index in [0.29, 0.717) is 0 Å². The fourth-order valence-electron chi connectivity index (χ4n) is 1.35. The number of hydrogen-bond donors (Lipinski definition) is 1. The maximum absolute atomic E-state index is 13.7. The zero-order chi connectivity index (χ0) is 14.0. The van der Waals surface area contributed by atoms with E-state index in [-0.39, 0.29) is 16.0 Å². The van der Waals surface area contributed by atoms with Crippen molar-refractivity contribution in [3.63, 3.8) is 0 Å². The molecule has 1 aromatic heterocycles. The molecule has 0 aliphatic rings. The van der Waals surface area contributed by atoms with Crippen LogP contribution in [0, 0.1) is 5.82 Å². The van der Waals surface area contributed by atoms with E-state index < -0.39 is 20.7 Å². The van der Waals surface area contributed by atoms with Crippen LogP contribution in [-0.4, -0.2) is 13.4 Å². The van der Waals surface area contributed by atoms with Crippen LogP contribution >= 0.6 is 23.2 Å². The van der Waals surface area contributed by atoms with Crippen LogP contribution in [0.15, 0.2) is 41.3 Å². The fourth-order valence-corrected chi connectivity index (χ4v) is 2.85. The van der Waals surface area contributed by atoms with Gasteiger partial charge in [0.15, 0.2) is 5.82 Å². The van der Waals surface area contributed by atoms with Crippen LogP contribution < -0.4 is 4.72 Å². The first-order valence-corrected chi connectivity index (χ1v) is 7.23. The second-order valence-corrected chi connectivity index (χ2v) is 5.95. The van der Waals surface area contributed by atoms with Crippen LogP contribution in [0.3, 0.4) is 0 Å². The molecule has 0 saturated carbocycles. The van der Waals surface area contributed by atoms with Crippen LogP contribution in [-0.2, 0) is 10.0 Å². The first kappa shape index (κ1) is 14.0. The fraction of sp³-hybridized carbons (Fsp3) is 0. The van der Waals surface area contributed by atoms with E-state index in [2.05, 4.69) is 9.71 Å². The largest absolute Gasteiger partial charge is 0.266 e. The number of benzene rings is 1. The summed E-state index contributed by atoms with van der Waals surface area (Å²) in [4.78, 5) is 3.20. The normalized spacial score (nSPS) is 11.3. The summed E-state index contributed by atoms with van der Waals surface area (Å²) in [6.45, 7) is 0. The molecule has 0 aliphatic heterocycles. The molecule has 0 aliphatic carbocycles. The molecule has 0 saturated heterocycles. The van der Waals surface area contributed by atoms with Crippen molar-refractivity contribution < 1.29 is 12.8 Å². The number of nitrogens with zero attached hydrogens (tertiary/aromatic N) is 1. The van der Waals surface area contributed by atoms with Crippen LogP contribution in [0.1, 0.15) is 0 Å². The van der Waals surface area contributed by atoms with Crippen molar-refractivity contribution in [3.8, 4) is 0 Å². The highest BCUT2D eigenvalue weighted by atomic mass is 35.5. The van der Waals surface area contributed by atoms with E-state index in [1.807, 2.05) is 0 Å². The quantitative estimate of drug-likeness (QED) is 0.882. The van der Waals surface area contributed by atoms with Gasteiger partial charge in [-0.3, -0.25) is 4.72 Å². The number of hydrogen-bond acceptors (Lipinski definition) is 3. The molecule has 0 amide bonds. The monoisotopic (exact) mass is 320 g/mol. The van der Waals surface area contributed by atoms with Crippen molar-refractivity contribution in [2.75, 3.05) is 4.72 Å². The Morgan fingerprint density at radius 1 is 1.11 bits per heavy atom. The molecule has 4 nitrogen and oxygen atoms in total. The SMILES string of the molecule is O=S(=O)(Nc1cccc(Cl)n1)c1cccc(Cl)c1F. The Bertz CT molecular complexity index is 722. The minimum Gasteiger partial charge on any atom is -0.263 e. The third-order valence-electron chi connectivity index (χ3n) is 2.16. The first-order chi connectivity index (χ1) is 8.90. The molecule has 1 N–H and O–H groups in total. The minimum absolute atomic E-state index is 0.00752. The van der Waals surface area contributed by atoms with Crippen molar-refractivity contribution in [1.29, 1.82) is 0 Å². The maximum Gasteiger partial charge on any atom is 0.266 e. The standard InChI is InChI=1S/C11H7Cl2FN2O2S/c12-7-3-1-4-8(11(7)14)19(17,18)16-10-6-2-5-9(13)15-10/h1-6H,(H,15,16). The number of rotatable bonds is 3. The van der Waals surface area contributed by atoms with Crippen molar-refractivity contribution in [1.82, 2.24) is 4.98 Å². The predicted molar refractivity (Wildman–Crippen MR) is 71.5 cm³/mol. The maximum atomic E-state index is 13.7. The highest BCUT2D eigenvalue weighted by Gasteiger charge is 2.21. The van der Waals surface area contributed by atoms with Gasteiger partial charge >= 0.3 is 0 Å². The van der Waals surface area contributed by atoms with Gasteiger partial charge in [-0.25, -0.2) is 17.8 Å². The van der Waals surface area contributed by atoms with E-state index in [0.717, 1.165) is 6.07 Å². The van der Waals surface area contributed by atoms with Gasteiger partial charge in [0.05, 0.1) is 5.02 Å². The van der Waals surface area contributed by atoms with E-state index in [1.54, 1.807) is 0 Å². The van der Waals surface area contributed by atoms with Gasteiger partial charge in [0.1, 0.15) is 15.9 Å². The lowest BCUT2D eigenvalue weighted by Crippen LogP contribution is -2.15. The minimum atomic E-state index is -4.11. The summed E-state index contributed by atoms with van der Waals surface area (Å²) in [7, 11) is -4.11. The molecule has 0 unspecified atom stereocenters. The van der Waals surface area contributed by atoms with Gasteiger partial charge < -0.3 is 0 Å². The molecular weight excluding hydrogens is 314 g/mol. The first-order valence-electron chi connectivity index (χ1n) is 4.99. The van der Waals surface area contributed by atoms with Crippen molar-refractivity contribution in [2.45, 2.75) is 4.90 Å². The van der Waals surface area contributed by atoms with Gasteiger partial charge in [0, 0.05) is 0 Å². The van der Waals surface area contributed by atoms with E-state index in [1.165, 1.54) is 30.3 Å². The smallest absolute Gasteiger partial charge is 0.263 e. The van der Waals surface area contributed by atoms with E-state index in [4.69, 9.17) is 23.2 Å². The molecule has 2 rings (SSSR count). The molecule has 0 atom stereocenters. The predicted octanol–water partition coefficient (Wildman–Crippen LogP) is 3.33. The number of sulfonamides is 1. The molecule has 100 valence electrons. The van der Waals surface area contributed by atoms with E-state index in [9.17, 15) is 12.8 Å². The Morgan fingerprint density at radius 3 is 2.47 bits per heavy atom. The Balaban J connectivity index is 2.41. The lowest BCUT2D eigenvalue weighted by Gasteiger charge is -2.08. The molecule has 8 heteroatoms.